The number of nitrogens with zero attached hydrogens (tertiary/aromatic N) is 2. The van der Waals surface area contributed by atoms with Crippen LogP contribution in [-0.4, -0.2) is 15.1 Å². The second-order valence-electron chi connectivity index (χ2n) is 7.76. The fraction of sp³-hybridized carbons (Fsp3) is 0.308. The fourth-order valence-corrected chi connectivity index (χ4v) is 3.73. The molecule has 0 aliphatic heterocycles. The number of aliphatic hydroxyl groups excluding tert-OH is 1. The van der Waals surface area contributed by atoms with Crippen LogP contribution in [0.4, 0.5) is 8.78 Å². The summed E-state index contributed by atoms with van der Waals surface area (Å²) in [6.45, 7) is 9.32. The highest BCUT2D eigenvalue weighted by molar-refractivity contribution is 5.79. The van der Waals surface area contributed by atoms with E-state index in [4.69, 9.17) is 4.98 Å². The van der Waals surface area contributed by atoms with E-state index in [0.717, 1.165) is 42.5 Å². The lowest BCUT2D eigenvalue weighted by Gasteiger charge is -2.14. The Labute approximate surface area is 182 Å². The molecule has 0 saturated carbocycles. The van der Waals surface area contributed by atoms with Crippen molar-refractivity contribution in [2.75, 3.05) is 0 Å². The van der Waals surface area contributed by atoms with Crippen molar-refractivity contribution in [2.24, 2.45) is 0 Å². The van der Waals surface area contributed by atoms with Gasteiger partial charge in [0.2, 0.25) is 0 Å². The summed E-state index contributed by atoms with van der Waals surface area (Å²) in [6, 6.07) is 8.11. The minimum atomic E-state index is -0.583. The van der Waals surface area contributed by atoms with Crippen molar-refractivity contribution < 1.29 is 13.9 Å². The molecule has 0 aliphatic rings. The first kappa shape index (κ1) is 22.6. The van der Waals surface area contributed by atoms with Crippen LogP contribution in [0.15, 0.2) is 43.1 Å². The first-order valence-corrected chi connectivity index (χ1v) is 10.7. The van der Waals surface area contributed by atoms with Crippen LogP contribution in [0, 0.1) is 18.6 Å². The van der Waals surface area contributed by atoms with Crippen LogP contribution in [0.25, 0.3) is 28.3 Å². The molecule has 1 heterocycles. The minimum absolute atomic E-state index is 0.0111. The number of aryl methyl sites for hydroxylation is 2. The van der Waals surface area contributed by atoms with E-state index in [-0.39, 0.29) is 17.7 Å². The Morgan fingerprint density at radius 2 is 1.71 bits per heavy atom. The van der Waals surface area contributed by atoms with E-state index >= 15 is 0 Å². The third-order valence-corrected chi connectivity index (χ3v) is 5.44. The van der Waals surface area contributed by atoms with E-state index < -0.39 is 11.6 Å². The standard InChI is InChI=1S/C26H28F2N2O/c1-5-7-8-9-20-15-29-25(19-13-23(27)21(6-2)24(28)14-19)26(30-20)18-10-11-22(17(4)31)16(3)12-18/h10-15,31H,4-9H2,1-3H3. The van der Waals surface area contributed by atoms with Crippen molar-refractivity contribution in [1.29, 1.82) is 0 Å². The monoisotopic (exact) mass is 422 g/mol. The second-order valence-corrected chi connectivity index (χ2v) is 7.76. The molecule has 0 fully saturated rings. The number of aliphatic hydroxyl groups is 1. The van der Waals surface area contributed by atoms with Gasteiger partial charge in [-0.2, -0.15) is 0 Å². The predicted molar refractivity (Wildman–Crippen MR) is 122 cm³/mol. The number of aromatic nitrogens is 2. The SMILES string of the molecule is C=C(O)c1ccc(-c2nc(CCCCC)cnc2-c2cc(F)c(CC)c(F)c2)cc1C. The molecule has 0 atom stereocenters. The van der Waals surface area contributed by atoms with Crippen LogP contribution in [0.1, 0.15) is 55.5 Å². The van der Waals surface area contributed by atoms with E-state index in [2.05, 4.69) is 18.5 Å². The van der Waals surface area contributed by atoms with E-state index in [9.17, 15) is 13.9 Å². The van der Waals surface area contributed by atoms with Gasteiger partial charge in [-0.15, -0.1) is 0 Å². The lowest BCUT2D eigenvalue weighted by atomic mass is 9.98. The lowest BCUT2D eigenvalue weighted by molar-refractivity contribution is 0.513. The zero-order chi connectivity index (χ0) is 22.5. The summed E-state index contributed by atoms with van der Waals surface area (Å²) in [4.78, 5) is 9.38. The molecule has 2 aromatic carbocycles. The van der Waals surface area contributed by atoms with Gasteiger partial charge < -0.3 is 5.11 Å². The van der Waals surface area contributed by atoms with Gasteiger partial charge in [-0.3, -0.25) is 4.98 Å². The van der Waals surface area contributed by atoms with E-state index in [1.807, 2.05) is 19.1 Å². The van der Waals surface area contributed by atoms with E-state index in [1.54, 1.807) is 19.2 Å². The van der Waals surface area contributed by atoms with Crippen LogP contribution in [0.2, 0.25) is 0 Å². The van der Waals surface area contributed by atoms with E-state index in [0.29, 0.717) is 22.5 Å². The van der Waals surface area contributed by atoms with Crippen LogP contribution < -0.4 is 0 Å². The summed E-state index contributed by atoms with van der Waals surface area (Å²) >= 11 is 0. The lowest BCUT2D eigenvalue weighted by Crippen LogP contribution is -2.02. The predicted octanol–water partition coefficient (Wildman–Crippen LogP) is 7.22. The average molecular weight is 423 g/mol. The molecule has 0 spiro atoms. The molecule has 162 valence electrons. The number of hydrogen-bond donors (Lipinski definition) is 1. The minimum Gasteiger partial charge on any atom is -0.508 e. The molecule has 31 heavy (non-hydrogen) atoms. The molecule has 3 rings (SSSR count). The molecular formula is C26H28F2N2O. The second kappa shape index (κ2) is 9.82. The van der Waals surface area contributed by atoms with Crippen LogP contribution >= 0.6 is 0 Å². The maximum Gasteiger partial charge on any atom is 0.129 e. The van der Waals surface area contributed by atoms with Crippen LogP contribution in [0.3, 0.4) is 0 Å². The van der Waals surface area contributed by atoms with Gasteiger partial charge >= 0.3 is 0 Å². The highest BCUT2D eigenvalue weighted by Gasteiger charge is 2.17. The number of benzene rings is 2. The number of hydrogen-bond acceptors (Lipinski definition) is 3. The summed E-state index contributed by atoms with van der Waals surface area (Å²) in [6.07, 6.45) is 5.96. The maximum absolute atomic E-state index is 14.5. The highest BCUT2D eigenvalue weighted by atomic mass is 19.1. The van der Waals surface area contributed by atoms with Gasteiger partial charge in [-0.1, -0.05) is 45.4 Å². The van der Waals surface area contributed by atoms with Crippen molar-refractivity contribution in [3.63, 3.8) is 0 Å². The molecule has 0 bridgehead atoms. The molecule has 0 aliphatic carbocycles. The van der Waals surface area contributed by atoms with E-state index in [1.165, 1.54) is 12.1 Å². The van der Waals surface area contributed by atoms with Crippen molar-refractivity contribution in [1.82, 2.24) is 9.97 Å². The Kier molecular flexibility index (Phi) is 7.16. The maximum atomic E-state index is 14.5. The summed E-state index contributed by atoms with van der Waals surface area (Å²) in [5.74, 6) is -1.18. The third-order valence-electron chi connectivity index (χ3n) is 5.44. The Balaban J connectivity index is 2.16. The Morgan fingerprint density at radius 1 is 1.00 bits per heavy atom. The van der Waals surface area contributed by atoms with Crippen molar-refractivity contribution in [3.8, 4) is 22.5 Å². The zero-order valence-corrected chi connectivity index (χ0v) is 18.3. The van der Waals surface area contributed by atoms with Gasteiger partial charge in [0.05, 0.1) is 17.1 Å². The molecule has 0 amide bonds. The number of rotatable bonds is 8. The van der Waals surface area contributed by atoms with Crippen molar-refractivity contribution >= 4 is 5.76 Å². The molecule has 1 N–H and O–H groups in total. The van der Waals surface area contributed by atoms with Gasteiger partial charge in [0.25, 0.3) is 0 Å². The first-order chi connectivity index (χ1) is 14.8. The third kappa shape index (κ3) is 4.98. The quantitative estimate of drug-likeness (QED) is 0.308. The van der Waals surface area contributed by atoms with Crippen molar-refractivity contribution in [2.45, 2.75) is 52.9 Å². The number of halogens is 2. The Hall–Kier alpha value is -3.08. The van der Waals surface area contributed by atoms with Crippen LogP contribution in [-0.2, 0) is 12.8 Å². The van der Waals surface area contributed by atoms with Gasteiger partial charge in [0.1, 0.15) is 17.4 Å². The molecule has 0 unspecified atom stereocenters. The molecule has 3 nitrogen and oxygen atoms in total. The van der Waals surface area contributed by atoms with Crippen molar-refractivity contribution in [3.05, 3.63) is 77.1 Å². The van der Waals surface area contributed by atoms with Gasteiger partial charge in [-0.25, -0.2) is 13.8 Å². The summed E-state index contributed by atoms with van der Waals surface area (Å²) in [5.41, 5.74) is 4.48. The largest absolute Gasteiger partial charge is 0.508 e. The fourth-order valence-electron chi connectivity index (χ4n) is 3.73. The molecule has 3 aromatic rings. The summed E-state index contributed by atoms with van der Waals surface area (Å²) in [5, 5.41) is 9.77. The van der Waals surface area contributed by atoms with Gasteiger partial charge in [0.15, 0.2) is 0 Å². The summed E-state index contributed by atoms with van der Waals surface area (Å²) < 4.78 is 29.0. The molecular weight excluding hydrogens is 394 g/mol. The molecule has 0 radical (unpaired) electrons. The summed E-state index contributed by atoms with van der Waals surface area (Å²) in [7, 11) is 0. The smallest absolute Gasteiger partial charge is 0.129 e. The molecule has 5 heteroatoms. The number of unbranched alkanes of at least 4 members (excludes halogenated alkanes) is 2. The molecule has 1 aromatic heterocycles. The highest BCUT2D eigenvalue weighted by Crippen LogP contribution is 2.33. The Bertz CT molecular complexity index is 1090. The first-order valence-electron chi connectivity index (χ1n) is 10.7. The topological polar surface area (TPSA) is 46.0 Å². The van der Waals surface area contributed by atoms with Gasteiger partial charge in [0, 0.05) is 28.5 Å². The normalized spacial score (nSPS) is 11.0. The van der Waals surface area contributed by atoms with Crippen LogP contribution in [0.5, 0.6) is 0 Å². The Morgan fingerprint density at radius 3 is 2.29 bits per heavy atom. The average Bonchev–Trinajstić information content (AvgIpc) is 2.73. The zero-order valence-electron chi connectivity index (χ0n) is 18.3. The molecule has 0 saturated heterocycles. The van der Waals surface area contributed by atoms with Gasteiger partial charge in [-0.05, 0) is 49.9 Å².